The zero-order chi connectivity index (χ0) is 53.8. The number of unbranched alkanes of at least 4 members (excludes halogenated alkanes) is 12. The molecule has 8 aliphatic rings. The predicted molar refractivity (Wildman–Crippen MR) is 332 cm³/mol. The SMILES string of the molecule is CCCCCCCCC1CCC(N(C2CCCCC2)C2CC(OCC(CC)CCCC)C3CCC4C5C(CCC2C35)C(OCC(CC)CCCC)CC4N(C2CCC(C)CC2)C2CCC(CCCCCCCC)CC2)CC1. The van der Waals surface area contributed by atoms with Crippen molar-refractivity contribution in [3.63, 3.8) is 0 Å². The van der Waals surface area contributed by atoms with E-state index in [2.05, 4.69) is 58.3 Å². The van der Waals surface area contributed by atoms with Crippen LogP contribution in [-0.2, 0) is 9.47 Å². The van der Waals surface area contributed by atoms with Crippen molar-refractivity contribution in [2.75, 3.05) is 13.2 Å². The summed E-state index contributed by atoms with van der Waals surface area (Å²) in [7, 11) is 0. The molecule has 77 heavy (non-hydrogen) atoms. The highest BCUT2D eigenvalue weighted by atomic mass is 16.5. The van der Waals surface area contributed by atoms with Crippen molar-refractivity contribution in [2.24, 2.45) is 65.1 Å². The van der Waals surface area contributed by atoms with Gasteiger partial charge in [0.05, 0.1) is 12.2 Å². The molecule has 8 saturated carbocycles. The van der Waals surface area contributed by atoms with Gasteiger partial charge in [-0.1, -0.05) is 196 Å². The molecule has 448 valence electrons. The molecule has 0 radical (unpaired) electrons. The first-order valence-corrected chi connectivity index (χ1v) is 36.7. The van der Waals surface area contributed by atoms with E-state index in [1.165, 1.54) is 289 Å². The van der Waals surface area contributed by atoms with Gasteiger partial charge in [-0.15, -0.1) is 0 Å². The molecule has 12 atom stereocenters. The molecule has 8 aliphatic carbocycles. The van der Waals surface area contributed by atoms with Gasteiger partial charge in [0.25, 0.3) is 0 Å². The van der Waals surface area contributed by atoms with Gasteiger partial charge >= 0.3 is 0 Å². The highest BCUT2D eigenvalue weighted by molar-refractivity contribution is 5.13. The summed E-state index contributed by atoms with van der Waals surface area (Å²) in [6.45, 7) is 19.1. The van der Waals surface area contributed by atoms with Crippen LogP contribution in [0, 0.1) is 65.1 Å². The van der Waals surface area contributed by atoms with Crippen LogP contribution in [0.5, 0.6) is 0 Å². The van der Waals surface area contributed by atoms with Crippen molar-refractivity contribution in [1.29, 1.82) is 0 Å². The molecule has 4 nitrogen and oxygen atoms in total. The monoisotopic (exact) mass is 1070 g/mol. The topological polar surface area (TPSA) is 24.9 Å². The molecule has 0 aromatic carbocycles. The molecule has 0 aliphatic heterocycles. The number of rotatable bonds is 34. The Morgan fingerprint density at radius 2 is 0.727 bits per heavy atom. The summed E-state index contributed by atoms with van der Waals surface area (Å²) in [6, 6.07) is 4.63. The minimum Gasteiger partial charge on any atom is -0.378 e. The van der Waals surface area contributed by atoms with E-state index in [4.69, 9.17) is 9.47 Å². The second kappa shape index (κ2) is 34.0. The Morgan fingerprint density at radius 1 is 0.364 bits per heavy atom. The van der Waals surface area contributed by atoms with Crippen LogP contribution in [-0.4, -0.2) is 71.5 Å². The average Bonchev–Trinajstić information content (AvgIpc) is 3.53. The Morgan fingerprint density at radius 3 is 1.13 bits per heavy atom. The zero-order valence-electron chi connectivity index (χ0n) is 52.9. The fourth-order valence-electron chi connectivity index (χ4n) is 20.1. The van der Waals surface area contributed by atoms with Crippen LogP contribution in [0.4, 0.5) is 0 Å². The van der Waals surface area contributed by atoms with Gasteiger partial charge in [0.1, 0.15) is 0 Å². The van der Waals surface area contributed by atoms with Gasteiger partial charge in [-0.3, -0.25) is 9.80 Å². The smallest absolute Gasteiger partial charge is 0.0621 e. The second-order valence-corrected chi connectivity index (χ2v) is 29.7. The van der Waals surface area contributed by atoms with Gasteiger partial charge in [0, 0.05) is 49.5 Å². The quantitative estimate of drug-likeness (QED) is 0.0600. The van der Waals surface area contributed by atoms with E-state index >= 15 is 0 Å². The Labute approximate surface area is 481 Å². The molecular formula is C73H134N2O2. The third-order valence-corrected chi connectivity index (χ3v) is 24.7. The van der Waals surface area contributed by atoms with E-state index in [9.17, 15) is 0 Å². The molecular weight excluding hydrogens is 937 g/mol. The summed E-state index contributed by atoms with van der Waals surface area (Å²) in [5.74, 6) is 9.15. The van der Waals surface area contributed by atoms with Gasteiger partial charge < -0.3 is 9.47 Å². The Kier molecular flexibility index (Phi) is 27.7. The molecule has 0 amide bonds. The predicted octanol–water partition coefficient (Wildman–Crippen LogP) is 21.2. The lowest BCUT2D eigenvalue weighted by Crippen LogP contribution is -2.68. The first kappa shape index (κ1) is 62.9. The molecule has 12 unspecified atom stereocenters. The summed E-state index contributed by atoms with van der Waals surface area (Å²) in [4.78, 5) is 6.87. The van der Waals surface area contributed by atoms with Gasteiger partial charge in [-0.2, -0.15) is 0 Å². The number of ether oxygens (including phenoxy) is 2. The molecule has 0 spiro atoms. The molecule has 0 aromatic heterocycles. The first-order valence-electron chi connectivity index (χ1n) is 36.7. The van der Waals surface area contributed by atoms with E-state index < -0.39 is 0 Å². The normalized spacial score (nSPS) is 36.7. The van der Waals surface area contributed by atoms with E-state index in [-0.39, 0.29) is 0 Å². The Bertz CT molecular complexity index is 1520. The first-order chi connectivity index (χ1) is 37.9. The number of hydrogen-bond acceptors (Lipinski definition) is 4. The van der Waals surface area contributed by atoms with Crippen LogP contribution in [0.1, 0.15) is 337 Å². The van der Waals surface area contributed by atoms with Gasteiger partial charge in [0.15, 0.2) is 0 Å². The maximum Gasteiger partial charge on any atom is 0.0621 e. The Balaban J connectivity index is 1.10. The highest BCUT2D eigenvalue weighted by Crippen LogP contribution is 2.63. The Hall–Kier alpha value is -0.160. The maximum atomic E-state index is 7.77. The van der Waals surface area contributed by atoms with E-state index in [0.29, 0.717) is 18.2 Å². The van der Waals surface area contributed by atoms with Crippen molar-refractivity contribution in [3.8, 4) is 0 Å². The van der Waals surface area contributed by atoms with Crippen molar-refractivity contribution < 1.29 is 9.47 Å². The van der Waals surface area contributed by atoms with Gasteiger partial charge in [0.2, 0.25) is 0 Å². The molecule has 4 heteroatoms. The second-order valence-electron chi connectivity index (χ2n) is 29.7. The number of nitrogens with zero attached hydrogens (tertiary/aromatic N) is 2. The van der Waals surface area contributed by atoms with Crippen molar-refractivity contribution in [1.82, 2.24) is 9.80 Å². The fraction of sp³-hybridized carbons (Fsp3) is 1.00. The van der Waals surface area contributed by atoms with Crippen molar-refractivity contribution in [3.05, 3.63) is 0 Å². The van der Waals surface area contributed by atoms with E-state index in [0.717, 1.165) is 109 Å². The summed E-state index contributed by atoms with van der Waals surface area (Å²) < 4.78 is 15.5. The largest absolute Gasteiger partial charge is 0.378 e. The minimum absolute atomic E-state index is 0.445. The molecule has 0 N–H and O–H groups in total. The van der Waals surface area contributed by atoms with E-state index in [1.54, 1.807) is 0 Å². The lowest BCUT2D eigenvalue weighted by atomic mass is 9.45. The van der Waals surface area contributed by atoms with Gasteiger partial charge in [-0.25, -0.2) is 0 Å². The van der Waals surface area contributed by atoms with Gasteiger partial charge in [-0.05, 0) is 206 Å². The molecule has 0 saturated heterocycles. The molecule has 0 aromatic rings. The van der Waals surface area contributed by atoms with Crippen LogP contribution in [0.3, 0.4) is 0 Å². The van der Waals surface area contributed by atoms with Crippen LogP contribution in [0.15, 0.2) is 0 Å². The molecule has 8 fully saturated rings. The van der Waals surface area contributed by atoms with Crippen LogP contribution in [0.25, 0.3) is 0 Å². The lowest BCUT2D eigenvalue weighted by molar-refractivity contribution is -0.214. The van der Waals surface area contributed by atoms with Crippen LogP contribution < -0.4 is 0 Å². The van der Waals surface area contributed by atoms with Crippen LogP contribution >= 0.6 is 0 Å². The lowest BCUT2D eigenvalue weighted by Gasteiger charge is -2.66. The molecule has 0 heterocycles. The summed E-state index contributed by atoms with van der Waals surface area (Å²) in [5.41, 5.74) is 0. The highest BCUT2D eigenvalue weighted by Gasteiger charge is 2.62. The summed E-state index contributed by atoms with van der Waals surface area (Å²) in [6.07, 6.45) is 65.5. The third-order valence-electron chi connectivity index (χ3n) is 24.7. The third kappa shape index (κ3) is 17.5. The summed E-state index contributed by atoms with van der Waals surface area (Å²) in [5, 5.41) is 0. The summed E-state index contributed by atoms with van der Waals surface area (Å²) >= 11 is 0. The standard InChI is InChI=1S/C73H134N2O2/c1-8-14-18-20-22-25-31-58-37-43-62(44-38-58)74(60-33-27-24-28-34-60)68-51-70(76-53-56(12-5)29-16-10-3)66-50-48-65-69(52-71(77-54-57(13-6)30-17-11-4)67-49-47-64(68)72(66)73(65)67)75(61-41-35-55(7)36-42-61)63-45-39-59(40-46-63)32-26-23-21-19-15-9-2/h55-73H,8-54H2,1-7H3. The zero-order valence-corrected chi connectivity index (χ0v) is 52.9. The minimum atomic E-state index is 0.445. The molecule has 0 bridgehead atoms. The van der Waals surface area contributed by atoms with Crippen LogP contribution in [0.2, 0.25) is 0 Å². The average molecular weight is 1070 g/mol. The van der Waals surface area contributed by atoms with Crippen molar-refractivity contribution >= 4 is 0 Å². The fourth-order valence-corrected chi connectivity index (χ4v) is 20.1. The number of hydrogen-bond donors (Lipinski definition) is 0. The molecule has 8 rings (SSSR count). The van der Waals surface area contributed by atoms with Crippen molar-refractivity contribution in [2.45, 2.75) is 386 Å². The van der Waals surface area contributed by atoms with E-state index in [1.807, 2.05) is 0 Å². The maximum absolute atomic E-state index is 7.77.